The Kier molecular flexibility index (Phi) is 7.42. The van der Waals surface area contributed by atoms with Crippen LogP contribution in [0.5, 0.6) is 0 Å². The van der Waals surface area contributed by atoms with Crippen molar-refractivity contribution in [2.45, 2.75) is 77.3 Å². The monoisotopic (exact) mass is 302 g/mol. The average molecular weight is 303 g/mol. The number of nitrogens with zero attached hydrogens (tertiary/aromatic N) is 2. The zero-order valence-electron chi connectivity index (χ0n) is 12.6. The van der Waals surface area contributed by atoms with Crippen LogP contribution in [0.4, 0.5) is 0 Å². The largest absolute Gasteiger partial charge is 0.247 e. The fourth-order valence-electron chi connectivity index (χ4n) is 3.45. The molecular weight excluding hydrogens is 272 g/mol. The fourth-order valence-corrected chi connectivity index (χ4v) is 5.93. The normalized spacial score (nSPS) is 22.1. The van der Waals surface area contributed by atoms with Crippen LogP contribution in [0.2, 0.25) is 0 Å². The Labute approximate surface area is 128 Å². The summed E-state index contributed by atoms with van der Waals surface area (Å²) in [6.07, 6.45) is 11.5. The molecule has 0 bridgehead atoms. The minimum atomic E-state index is 0.858. The van der Waals surface area contributed by atoms with E-state index in [9.17, 15) is 0 Å². The van der Waals surface area contributed by atoms with E-state index < -0.39 is 0 Å². The lowest BCUT2D eigenvalue weighted by atomic mass is 10.2. The second-order valence-electron chi connectivity index (χ2n) is 5.72. The van der Waals surface area contributed by atoms with E-state index in [1.807, 2.05) is 0 Å². The molecule has 0 aromatic carbocycles. The van der Waals surface area contributed by atoms with Crippen molar-refractivity contribution in [1.82, 2.24) is 8.61 Å². The number of rotatable bonds is 8. The minimum Gasteiger partial charge on any atom is -0.247 e. The first-order valence-corrected chi connectivity index (χ1v) is 10.0. The van der Waals surface area contributed by atoms with Gasteiger partial charge in [-0.15, -0.1) is 0 Å². The highest BCUT2D eigenvalue weighted by Crippen LogP contribution is 2.33. The molecule has 0 amide bonds. The summed E-state index contributed by atoms with van der Waals surface area (Å²) >= 11 is 4.15. The summed E-state index contributed by atoms with van der Waals surface area (Å²) in [4.78, 5) is 0. The Morgan fingerprint density at radius 3 is 1.42 bits per heavy atom. The molecule has 19 heavy (non-hydrogen) atoms. The van der Waals surface area contributed by atoms with E-state index in [0.29, 0.717) is 0 Å². The lowest BCUT2D eigenvalue weighted by Gasteiger charge is -2.29. The van der Waals surface area contributed by atoms with Crippen LogP contribution in [-0.2, 0) is 0 Å². The molecule has 2 rings (SSSR count). The second kappa shape index (κ2) is 8.81. The van der Waals surface area contributed by atoms with Crippen LogP contribution in [-0.4, -0.2) is 38.9 Å². The van der Waals surface area contributed by atoms with Crippen LogP contribution in [0.25, 0.3) is 0 Å². The molecule has 2 aliphatic carbocycles. The summed E-state index contributed by atoms with van der Waals surface area (Å²) in [5.41, 5.74) is 0. The zero-order chi connectivity index (χ0) is 13.5. The molecule has 0 atom stereocenters. The van der Waals surface area contributed by atoms with Crippen molar-refractivity contribution in [2.75, 3.05) is 18.2 Å². The van der Waals surface area contributed by atoms with Crippen molar-refractivity contribution < 1.29 is 0 Å². The van der Waals surface area contributed by atoms with Crippen molar-refractivity contribution >= 4 is 23.9 Å². The van der Waals surface area contributed by atoms with Crippen molar-refractivity contribution in [3.8, 4) is 0 Å². The van der Waals surface area contributed by atoms with Crippen LogP contribution >= 0.6 is 23.9 Å². The van der Waals surface area contributed by atoms with Crippen molar-refractivity contribution in [3.63, 3.8) is 0 Å². The standard InChI is InChI=1S/C15H30N2S2/c1-3-16(14-9-5-6-10-14)18-13-19-17(4-2)15-11-7-8-12-15/h14-15H,3-13H2,1-2H3. The Hall–Kier alpha value is 0.620. The number of hydrogen-bond donors (Lipinski definition) is 0. The highest BCUT2D eigenvalue weighted by atomic mass is 32.2. The Balaban J connectivity index is 1.68. The molecule has 0 unspecified atom stereocenters. The summed E-state index contributed by atoms with van der Waals surface area (Å²) in [5.74, 6) is 0. The first kappa shape index (κ1) is 16.0. The van der Waals surface area contributed by atoms with E-state index >= 15 is 0 Å². The summed E-state index contributed by atoms with van der Waals surface area (Å²) in [6, 6.07) is 1.72. The molecule has 2 fully saturated rings. The van der Waals surface area contributed by atoms with Crippen molar-refractivity contribution in [3.05, 3.63) is 0 Å². The van der Waals surface area contributed by atoms with Gasteiger partial charge in [0.05, 0.1) is 5.08 Å². The SMILES string of the molecule is CCN(SCSN(CC)C1CCCC1)C1CCCC1. The summed E-state index contributed by atoms with van der Waals surface area (Å²) in [5, 5.41) is 1.20. The molecule has 0 radical (unpaired) electrons. The summed E-state index contributed by atoms with van der Waals surface area (Å²) in [7, 11) is 0. The third-order valence-electron chi connectivity index (χ3n) is 4.52. The van der Waals surface area contributed by atoms with E-state index in [4.69, 9.17) is 0 Å². The van der Waals surface area contributed by atoms with Gasteiger partial charge < -0.3 is 0 Å². The smallest absolute Gasteiger partial charge is 0.0687 e. The predicted octanol–water partition coefficient (Wildman–Crippen LogP) is 4.77. The summed E-state index contributed by atoms with van der Waals surface area (Å²) in [6.45, 7) is 7.02. The molecule has 2 saturated carbocycles. The van der Waals surface area contributed by atoms with E-state index in [1.165, 1.54) is 69.5 Å². The van der Waals surface area contributed by atoms with Crippen LogP contribution in [0.1, 0.15) is 65.2 Å². The highest BCUT2D eigenvalue weighted by molar-refractivity contribution is 8.13. The minimum absolute atomic E-state index is 0.858. The van der Waals surface area contributed by atoms with Gasteiger partial charge in [0.25, 0.3) is 0 Å². The third kappa shape index (κ3) is 4.83. The van der Waals surface area contributed by atoms with Gasteiger partial charge in [-0.25, -0.2) is 8.61 Å². The summed E-state index contributed by atoms with van der Waals surface area (Å²) < 4.78 is 5.28. The molecule has 0 spiro atoms. The van der Waals surface area contributed by atoms with E-state index in [1.54, 1.807) is 0 Å². The molecule has 0 saturated heterocycles. The first-order valence-electron chi connectivity index (χ1n) is 8.14. The Morgan fingerprint density at radius 2 is 1.11 bits per heavy atom. The maximum atomic E-state index is 2.64. The van der Waals surface area contributed by atoms with E-state index in [-0.39, 0.29) is 0 Å². The van der Waals surface area contributed by atoms with Crippen molar-refractivity contribution in [2.24, 2.45) is 0 Å². The molecule has 4 heteroatoms. The molecule has 112 valence electrons. The molecule has 0 aliphatic heterocycles. The van der Waals surface area contributed by atoms with Gasteiger partial charge >= 0.3 is 0 Å². The third-order valence-corrected chi connectivity index (χ3v) is 7.14. The zero-order valence-corrected chi connectivity index (χ0v) is 14.3. The molecule has 0 N–H and O–H groups in total. The molecular formula is C15H30N2S2. The second-order valence-corrected chi connectivity index (χ2v) is 8.12. The lowest BCUT2D eigenvalue weighted by molar-refractivity contribution is 0.369. The van der Waals surface area contributed by atoms with Crippen LogP contribution in [0, 0.1) is 0 Å². The average Bonchev–Trinajstić information content (AvgIpc) is 3.12. The van der Waals surface area contributed by atoms with Gasteiger partial charge in [0.1, 0.15) is 0 Å². The molecule has 0 heterocycles. The van der Waals surface area contributed by atoms with Gasteiger partial charge in [0, 0.05) is 25.2 Å². The van der Waals surface area contributed by atoms with Crippen LogP contribution < -0.4 is 0 Å². The molecule has 0 aromatic heterocycles. The van der Waals surface area contributed by atoms with Gasteiger partial charge in [0.15, 0.2) is 0 Å². The van der Waals surface area contributed by atoms with Crippen LogP contribution in [0.3, 0.4) is 0 Å². The van der Waals surface area contributed by atoms with Gasteiger partial charge in [-0.05, 0) is 25.7 Å². The molecule has 2 aliphatic rings. The molecule has 0 aromatic rings. The lowest BCUT2D eigenvalue weighted by Crippen LogP contribution is -2.29. The van der Waals surface area contributed by atoms with E-state index in [2.05, 4.69) is 46.4 Å². The van der Waals surface area contributed by atoms with Gasteiger partial charge in [-0.1, -0.05) is 63.4 Å². The Bertz CT molecular complexity index is 214. The maximum Gasteiger partial charge on any atom is 0.0687 e. The van der Waals surface area contributed by atoms with Crippen molar-refractivity contribution in [1.29, 1.82) is 0 Å². The van der Waals surface area contributed by atoms with Gasteiger partial charge in [-0.3, -0.25) is 0 Å². The van der Waals surface area contributed by atoms with Gasteiger partial charge in [0.2, 0.25) is 0 Å². The predicted molar refractivity (Wildman–Crippen MR) is 89.3 cm³/mol. The van der Waals surface area contributed by atoms with E-state index in [0.717, 1.165) is 12.1 Å². The molecule has 2 nitrogen and oxygen atoms in total. The number of hydrogen-bond acceptors (Lipinski definition) is 4. The maximum absolute atomic E-state index is 2.64. The highest BCUT2D eigenvalue weighted by Gasteiger charge is 2.24. The van der Waals surface area contributed by atoms with Crippen LogP contribution in [0.15, 0.2) is 0 Å². The van der Waals surface area contributed by atoms with Gasteiger partial charge in [-0.2, -0.15) is 0 Å². The Morgan fingerprint density at radius 1 is 0.737 bits per heavy atom. The first-order chi connectivity index (χ1) is 9.35. The quantitative estimate of drug-likeness (QED) is 0.470. The fraction of sp³-hybridized carbons (Fsp3) is 1.00. The topological polar surface area (TPSA) is 6.48 Å².